The molecule has 0 fully saturated rings. The van der Waals surface area contributed by atoms with Gasteiger partial charge in [0.15, 0.2) is 5.75 Å². The van der Waals surface area contributed by atoms with Crippen molar-refractivity contribution >= 4 is 5.82 Å². The molecule has 1 rings (SSSR count). The molecule has 1 aromatic rings. The van der Waals surface area contributed by atoms with Gasteiger partial charge in [-0.2, -0.15) is 0 Å². The second-order valence-corrected chi connectivity index (χ2v) is 1.74. The lowest BCUT2D eigenvalue weighted by molar-refractivity contribution is 0.468. The zero-order valence-electron chi connectivity index (χ0n) is 5.37. The first kappa shape index (κ1) is 6.49. The molecule has 0 unspecified atom stereocenters. The highest BCUT2D eigenvalue weighted by Gasteiger charge is 2.04. The predicted molar refractivity (Wildman–Crippen MR) is 34.7 cm³/mol. The largest absolute Gasteiger partial charge is 0.516 e. The van der Waals surface area contributed by atoms with E-state index >= 15 is 0 Å². The van der Waals surface area contributed by atoms with E-state index in [4.69, 9.17) is 11.7 Å². The van der Waals surface area contributed by atoms with Crippen molar-refractivity contribution in [2.24, 2.45) is 0 Å². The molecule has 50 valence electrons. The number of nitrogens with zero attached hydrogens (tertiary/aromatic N) is 3. The summed E-state index contributed by atoms with van der Waals surface area (Å²) in [6, 6.07) is 0. The Morgan fingerprint density at radius 1 is 1.60 bits per heavy atom. The number of aromatic hydroxyl groups is 1. The zero-order valence-corrected chi connectivity index (χ0v) is 5.37. The molecule has 0 bridgehead atoms. The van der Waals surface area contributed by atoms with E-state index in [2.05, 4.69) is 14.8 Å². The second-order valence-electron chi connectivity index (χ2n) is 1.74. The Kier molecular flexibility index (Phi) is 1.50. The van der Waals surface area contributed by atoms with Crippen LogP contribution in [0.2, 0.25) is 0 Å². The van der Waals surface area contributed by atoms with E-state index in [-0.39, 0.29) is 11.6 Å². The maximum Gasteiger partial charge on any atom is 0.315 e. The topological polar surface area (TPSA) is 50.4 Å². The van der Waals surface area contributed by atoms with E-state index in [0.29, 0.717) is 5.69 Å². The summed E-state index contributed by atoms with van der Waals surface area (Å²) in [6.45, 7) is 8.17. The smallest absolute Gasteiger partial charge is 0.315 e. The number of rotatable bonds is 0. The summed E-state index contributed by atoms with van der Waals surface area (Å²) in [5, 5.41) is 9.06. The van der Waals surface area contributed by atoms with Crippen LogP contribution in [0.3, 0.4) is 0 Å². The zero-order chi connectivity index (χ0) is 7.56. The molecule has 0 aliphatic carbocycles. The third-order valence-corrected chi connectivity index (χ3v) is 1.09. The van der Waals surface area contributed by atoms with E-state index in [0.717, 1.165) is 0 Å². The van der Waals surface area contributed by atoms with Crippen molar-refractivity contribution in [1.29, 1.82) is 0 Å². The van der Waals surface area contributed by atoms with Crippen molar-refractivity contribution in [1.82, 2.24) is 9.97 Å². The molecule has 0 saturated carbocycles. The standard InChI is InChI=1S/C6H5N3O/c1-4-5(10)6(7-2)9-3-8-4/h3,10H,1H3. The molecule has 4 heteroatoms. The van der Waals surface area contributed by atoms with Gasteiger partial charge >= 0.3 is 5.82 Å². The maximum absolute atomic E-state index is 9.06. The van der Waals surface area contributed by atoms with Gasteiger partial charge in [0.1, 0.15) is 0 Å². The van der Waals surface area contributed by atoms with Crippen LogP contribution < -0.4 is 0 Å². The van der Waals surface area contributed by atoms with Gasteiger partial charge in [-0.15, -0.1) is 4.98 Å². The Hall–Kier alpha value is -1.63. The van der Waals surface area contributed by atoms with Gasteiger partial charge in [0.2, 0.25) is 6.33 Å². The number of hydrogen-bond acceptors (Lipinski definition) is 3. The first-order valence-corrected chi connectivity index (χ1v) is 2.63. The lowest BCUT2D eigenvalue weighted by atomic mass is 10.4. The molecule has 0 aromatic carbocycles. The molecule has 0 saturated heterocycles. The lowest BCUT2D eigenvalue weighted by Gasteiger charge is -1.94. The molecule has 10 heavy (non-hydrogen) atoms. The van der Waals surface area contributed by atoms with Crippen LogP contribution in [0.5, 0.6) is 5.75 Å². The predicted octanol–water partition coefficient (Wildman–Crippen LogP) is 1.04. The Bertz CT molecular complexity index is 290. The van der Waals surface area contributed by atoms with Crippen LogP contribution in [0.15, 0.2) is 6.33 Å². The number of aromatic nitrogens is 2. The van der Waals surface area contributed by atoms with Gasteiger partial charge in [-0.05, 0) is 6.92 Å². The molecule has 0 amide bonds. The van der Waals surface area contributed by atoms with E-state index in [1.54, 1.807) is 6.92 Å². The van der Waals surface area contributed by atoms with Crippen LogP contribution >= 0.6 is 0 Å². The van der Waals surface area contributed by atoms with Gasteiger partial charge in [0, 0.05) is 0 Å². The molecular weight excluding hydrogens is 130 g/mol. The SMILES string of the molecule is [C-]#[N+]c1ncnc(C)c1O. The Balaban J connectivity index is 3.31. The maximum atomic E-state index is 9.06. The van der Waals surface area contributed by atoms with E-state index in [1.807, 2.05) is 0 Å². The highest BCUT2D eigenvalue weighted by atomic mass is 16.3. The fourth-order valence-electron chi connectivity index (χ4n) is 0.536. The second kappa shape index (κ2) is 2.31. The normalized spacial score (nSPS) is 8.80. The van der Waals surface area contributed by atoms with E-state index in [9.17, 15) is 0 Å². The van der Waals surface area contributed by atoms with Crippen molar-refractivity contribution in [3.05, 3.63) is 23.4 Å². The summed E-state index contributed by atoms with van der Waals surface area (Å²) < 4.78 is 0. The average molecular weight is 135 g/mol. The van der Waals surface area contributed by atoms with Gasteiger partial charge in [-0.1, -0.05) is 6.57 Å². The first-order valence-electron chi connectivity index (χ1n) is 2.63. The highest BCUT2D eigenvalue weighted by molar-refractivity contribution is 5.51. The molecule has 4 nitrogen and oxygen atoms in total. The minimum Gasteiger partial charge on any atom is -0.516 e. The van der Waals surface area contributed by atoms with E-state index in [1.165, 1.54) is 6.33 Å². The summed E-state index contributed by atoms with van der Waals surface area (Å²) in [4.78, 5) is 10.2. The number of aryl methyl sites for hydroxylation is 1. The highest BCUT2D eigenvalue weighted by Crippen LogP contribution is 2.24. The van der Waals surface area contributed by atoms with Gasteiger partial charge in [-0.3, -0.25) is 0 Å². The van der Waals surface area contributed by atoms with E-state index < -0.39 is 0 Å². The number of hydrogen-bond donors (Lipinski definition) is 1. The fourth-order valence-corrected chi connectivity index (χ4v) is 0.536. The van der Waals surface area contributed by atoms with Gasteiger partial charge in [0.05, 0.1) is 5.69 Å². The Morgan fingerprint density at radius 2 is 2.30 bits per heavy atom. The average Bonchev–Trinajstić information content (AvgIpc) is 1.95. The molecule has 0 spiro atoms. The summed E-state index contributed by atoms with van der Waals surface area (Å²) in [5.74, 6) is -0.120. The van der Waals surface area contributed by atoms with Gasteiger partial charge < -0.3 is 9.95 Å². The molecule has 0 atom stereocenters. The molecular formula is C6H5N3O. The molecule has 0 radical (unpaired) electrons. The minimum atomic E-state index is -0.127. The third-order valence-electron chi connectivity index (χ3n) is 1.09. The van der Waals surface area contributed by atoms with Crippen LogP contribution in [0.25, 0.3) is 4.85 Å². The van der Waals surface area contributed by atoms with Crippen molar-refractivity contribution in [3.63, 3.8) is 0 Å². The quantitative estimate of drug-likeness (QED) is 0.541. The van der Waals surface area contributed by atoms with Crippen molar-refractivity contribution < 1.29 is 5.11 Å². The minimum absolute atomic E-state index is 0.00694. The summed E-state index contributed by atoms with van der Waals surface area (Å²) in [5.41, 5.74) is 0.431. The van der Waals surface area contributed by atoms with Crippen LogP contribution in [-0.2, 0) is 0 Å². The molecule has 0 aliphatic rings. The van der Waals surface area contributed by atoms with Crippen LogP contribution in [0, 0.1) is 13.5 Å². The fraction of sp³-hybridized carbons (Fsp3) is 0.167. The molecule has 1 aromatic heterocycles. The summed E-state index contributed by atoms with van der Waals surface area (Å²) >= 11 is 0. The van der Waals surface area contributed by atoms with Crippen LogP contribution in [0.4, 0.5) is 5.82 Å². The lowest BCUT2D eigenvalue weighted by Crippen LogP contribution is -1.82. The van der Waals surface area contributed by atoms with Crippen LogP contribution in [-0.4, -0.2) is 15.1 Å². The van der Waals surface area contributed by atoms with Gasteiger partial charge in [-0.25, -0.2) is 4.98 Å². The summed E-state index contributed by atoms with van der Waals surface area (Å²) in [6.07, 6.45) is 1.25. The molecule has 1 N–H and O–H groups in total. The van der Waals surface area contributed by atoms with Crippen molar-refractivity contribution in [2.45, 2.75) is 6.92 Å². The van der Waals surface area contributed by atoms with Crippen molar-refractivity contribution in [2.75, 3.05) is 0 Å². The third kappa shape index (κ3) is 0.890. The monoisotopic (exact) mass is 135 g/mol. The Morgan fingerprint density at radius 3 is 2.80 bits per heavy atom. The van der Waals surface area contributed by atoms with Crippen molar-refractivity contribution in [3.8, 4) is 5.75 Å². The van der Waals surface area contributed by atoms with Crippen LogP contribution in [0.1, 0.15) is 5.69 Å². The van der Waals surface area contributed by atoms with Gasteiger partial charge in [0.25, 0.3) is 0 Å². The first-order chi connectivity index (χ1) is 4.75. The molecule has 1 heterocycles. The molecule has 0 aliphatic heterocycles. The summed E-state index contributed by atoms with van der Waals surface area (Å²) in [7, 11) is 0. The Labute approximate surface area is 58.0 Å².